The monoisotopic (exact) mass is 410 g/mol. The van der Waals surface area contributed by atoms with Crippen LogP contribution >= 0.6 is 11.8 Å². The van der Waals surface area contributed by atoms with Gasteiger partial charge in [-0.2, -0.15) is 18.3 Å². The van der Waals surface area contributed by atoms with E-state index in [9.17, 15) is 18.0 Å². The summed E-state index contributed by atoms with van der Waals surface area (Å²) in [5.74, 6) is 0.107. The highest BCUT2D eigenvalue weighted by atomic mass is 32.2. The lowest BCUT2D eigenvalue weighted by Gasteiger charge is -2.22. The maximum atomic E-state index is 13.0. The quantitative estimate of drug-likeness (QED) is 0.688. The van der Waals surface area contributed by atoms with Crippen molar-refractivity contribution in [3.8, 4) is 0 Å². The van der Waals surface area contributed by atoms with Crippen LogP contribution in [0.15, 0.2) is 52.6 Å². The molecule has 28 heavy (non-hydrogen) atoms. The van der Waals surface area contributed by atoms with E-state index in [1.807, 2.05) is 44.2 Å². The summed E-state index contributed by atoms with van der Waals surface area (Å²) in [6.07, 6.45) is -1.54. The average Bonchev–Trinajstić information content (AvgIpc) is 3.18. The van der Waals surface area contributed by atoms with Gasteiger partial charge in [0, 0.05) is 19.7 Å². The van der Waals surface area contributed by atoms with Gasteiger partial charge in [-0.3, -0.25) is 4.79 Å². The fourth-order valence-electron chi connectivity index (χ4n) is 3.07. The molecule has 0 spiro atoms. The molecular weight excluding hydrogens is 389 g/mol. The molecule has 2 unspecified atom stereocenters. The molecule has 9 heteroatoms. The van der Waals surface area contributed by atoms with E-state index >= 15 is 0 Å². The molecule has 1 aromatic carbocycles. The number of benzene rings is 1. The van der Waals surface area contributed by atoms with Crippen LogP contribution in [0, 0.1) is 5.92 Å². The van der Waals surface area contributed by atoms with Gasteiger partial charge in [0.25, 0.3) is 0 Å². The largest absolute Gasteiger partial charge is 0.441 e. The first-order valence-electron chi connectivity index (χ1n) is 8.85. The summed E-state index contributed by atoms with van der Waals surface area (Å²) in [6.45, 7) is 4.60. The molecular formula is C19H21F3N4OS. The molecule has 0 aromatic heterocycles. The third-order valence-corrected chi connectivity index (χ3v) is 5.25. The molecule has 0 saturated carbocycles. The van der Waals surface area contributed by atoms with Gasteiger partial charge in [0.1, 0.15) is 6.04 Å². The summed E-state index contributed by atoms with van der Waals surface area (Å²) in [7, 11) is 1.70. The van der Waals surface area contributed by atoms with Crippen LogP contribution in [0.1, 0.15) is 25.5 Å². The number of thioether (sulfide) groups is 1. The van der Waals surface area contributed by atoms with Gasteiger partial charge in [-0.05, 0) is 23.2 Å². The number of carbonyl (C=O) groups is 1. The number of amidine groups is 1. The zero-order valence-corrected chi connectivity index (χ0v) is 16.5. The number of hydrazone groups is 1. The standard InChI is InChI=1S/C19H21F3N4OS/c1-12(2)11-25(3)15(27)10-9-14-16(13-7-5-4-6-8-13)23-18-26(14)24-17(28-18)19(20,21)22/h4-10,12,14,16H,11H2,1-3H3/b10-9+. The summed E-state index contributed by atoms with van der Waals surface area (Å²) in [5, 5.41) is 4.24. The molecule has 2 heterocycles. The molecule has 150 valence electrons. The molecule has 2 aliphatic rings. The normalized spacial score (nSPS) is 21.9. The Balaban J connectivity index is 1.86. The second-order valence-corrected chi connectivity index (χ2v) is 8.04. The molecule has 0 fully saturated rings. The Morgan fingerprint density at radius 2 is 2.00 bits per heavy atom. The van der Waals surface area contributed by atoms with E-state index in [1.165, 1.54) is 11.1 Å². The van der Waals surface area contributed by atoms with E-state index in [0.29, 0.717) is 24.2 Å². The maximum Gasteiger partial charge on any atom is 0.441 e. The van der Waals surface area contributed by atoms with Crippen LogP contribution in [-0.2, 0) is 4.79 Å². The zero-order valence-electron chi connectivity index (χ0n) is 15.7. The number of halogens is 3. The van der Waals surface area contributed by atoms with Crippen LogP contribution < -0.4 is 0 Å². The molecule has 5 nitrogen and oxygen atoms in total. The second-order valence-electron chi connectivity index (χ2n) is 7.08. The molecule has 0 N–H and O–H groups in total. The Bertz CT molecular complexity index is 820. The molecule has 1 aromatic rings. The number of fused-ring (bicyclic) bond motifs is 1. The van der Waals surface area contributed by atoms with Crippen molar-refractivity contribution in [2.75, 3.05) is 13.6 Å². The molecule has 0 saturated heterocycles. The Morgan fingerprint density at radius 3 is 2.61 bits per heavy atom. The Morgan fingerprint density at radius 1 is 1.32 bits per heavy atom. The highest BCUT2D eigenvalue weighted by Gasteiger charge is 2.48. The van der Waals surface area contributed by atoms with Crippen LogP contribution in [0.2, 0.25) is 0 Å². The average molecular weight is 410 g/mol. The van der Waals surface area contributed by atoms with Crippen LogP contribution in [-0.4, -0.2) is 51.8 Å². The Hall–Kier alpha value is -2.29. The lowest BCUT2D eigenvalue weighted by atomic mass is 10.00. The van der Waals surface area contributed by atoms with Crippen molar-refractivity contribution in [2.24, 2.45) is 16.0 Å². The van der Waals surface area contributed by atoms with E-state index in [0.717, 1.165) is 5.56 Å². The first-order chi connectivity index (χ1) is 13.2. The van der Waals surface area contributed by atoms with Crippen LogP contribution in [0.5, 0.6) is 0 Å². The lowest BCUT2D eigenvalue weighted by molar-refractivity contribution is -0.125. The molecule has 2 atom stereocenters. The number of likely N-dealkylation sites (N-methyl/N-ethyl adjacent to an activating group) is 1. The topological polar surface area (TPSA) is 48.3 Å². The Kier molecular flexibility index (Phi) is 5.83. The van der Waals surface area contributed by atoms with Crippen molar-refractivity contribution in [1.29, 1.82) is 0 Å². The molecule has 3 rings (SSSR count). The SMILES string of the molecule is CC(C)CN(C)C(=O)/C=C/C1C(c2ccccc2)N=C2SC(C(F)(F)F)=NN21. The van der Waals surface area contributed by atoms with Gasteiger partial charge in [0.15, 0.2) is 5.17 Å². The number of aliphatic imine (C=N–C) groups is 1. The van der Waals surface area contributed by atoms with Crippen molar-refractivity contribution in [1.82, 2.24) is 9.91 Å². The molecule has 0 radical (unpaired) electrons. The van der Waals surface area contributed by atoms with Gasteiger partial charge in [0.05, 0.1) is 6.04 Å². The first-order valence-corrected chi connectivity index (χ1v) is 9.67. The van der Waals surface area contributed by atoms with Crippen molar-refractivity contribution in [2.45, 2.75) is 32.1 Å². The van der Waals surface area contributed by atoms with Crippen LogP contribution in [0.25, 0.3) is 0 Å². The number of nitrogens with zero attached hydrogens (tertiary/aromatic N) is 4. The van der Waals surface area contributed by atoms with Crippen molar-refractivity contribution in [3.63, 3.8) is 0 Å². The summed E-state index contributed by atoms with van der Waals surface area (Å²) in [4.78, 5) is 18.4. The Labute approximate surface area is 166 Å². The molecule has 2 aliphatic heterocycles. The van der Waals surface area contributed by atoms with Gasteiger partial charge in [-0.15, -0.1) is 0 Å². The van der Waals surface area contributed by atoms with E-state index in [2.05, 4.69) is 10.1 Å². The highest BCUT2D eigenvalue weighted by molar-refractivity contribution is 8.27. The summed E-state index contributed by atoms with van der Waals surface area (Å²) < 4.78 is 39.1. The number of amides is 1. The predicted octanol–water partition coefficient (Wildman–Crippen LogP) is 4.06. The van der Waals surface area contributed by atoms with Gasteiger partial charge < -0.3 is 4.90 Å². The zero-order chi connectivity index (χ0) is 20.5. The van der Waals surface area contributed by atoms with Crippen molar-refractivity contribution < 1.29 is 18.0 Å². The summed E-state index contributed by atoms with van der Waals surface area (Å²) in [5.41, 5.74) is 0.853. The fraction of sp³-hybridized carbons (Fsp3) is 0.421. The van der Waals surface area contributed by atoms with Gasteiger partial charge in [-0.25, -0.2) is 10.0 Å². The predicted molar refractivity (Wildman–Crippen MR) is 105 cm³/mol. The van der Waals surface area contributed by atoms with Gasteiger partial charge in [-0.1, -0.05) is 50.3 Å². The minimum atomic E-state index is -4.53. The van der Waals surface area contributed by atoms with Crippen molar-refractivity contribution in [3.05, 3.63) is 48.0 Å². The van der Waals surface area contributed by atoms with Crippen LogP contribution in [0.4, 0.5) is 13.2 Å². The second kappa shape index (κ2) is 7.98. The number of alkyl halides is 3. The first kappa shape index (κ1) is 20.4. The van der Waals surface area contributed by atoms with Crippen LogP contribution in [0.3, 0.4) is 0 Å². The number of hydrogen-bond donors (Lipinski definition) is 0. The molecule has 0 aliphatic carbocycles. The van der Waals surface area contributed by atoms with E-state index < -0.39 is 23.3 Å². The smallest absolute Gasteiger partial charge is 0.342 e. The van der Waals surface area contributed by atoms with E-state index in [-0.39, 0.29) is 11.1 Å². The van der Waals surface area contributed by atoms with E-state index in [4.69, 9.17) is 0 Å². The third kappa shape index (κ3) is 4.40. The van der Waals surface area contributed by atoms with Gasteiger partial charge >= 0.3 is 6.18 Å². The summed E-state index contributed by atoms with van der Waals surface area (Å²) in [6, 6.07) is 8.25. The van der Waals surface area contributed by atoms with Crippen molar-refractivity contribution >= 4 is 27.9 Å². The third-order valence-electron chi connectivity index (χ3n) is 4.27. The summed E-state index contributed by atoms with van der Waals surface area (Å²) >= 11 is 0.511. The highest BCUT2D eigenvalue weighted by Crippen LogP contribution is 2.42. The maximum absolute atomic E-state index is 13.0. The van der Waals surface area contributed by atoms with Gasteiger partial charge in [0.2, 0.25) is 11.0 Å². The fourth-order valence-corrected chi connectivity index (χ4v) is 3.91. The minimum Gasteiger partial charge on any atom is -0.342 e. The minimum absolute atomic E-state index is 0.193. The van der Waals surface area contributed by atoms with E-state index in [1.54, 1.807) is 18.0 Å². The lowest BCUT2D eigenvalue weighted by Crippen LogP contribution is -2.31. The number of carbonyl (C=O) groups excluding carboxylic acids is 1. The number of rotatable bonds is 5. The molecule has 1 amide bonds. The molecule has 0 bridgehead atoms. The number of hydrogen-bond acceptors (Lipinski definition) is 5.